The fourth-order valence-electron chi connectivity index (χ4n) is 4.82. The molecule has 0 bridgehead atoms. The number of ether oxygens (including phenoxy) is 1. The van der Waals surface area contributed by atoms with Gasteiger partial charge in [-0.3, -0.25) is 14.7 Å². The molecule has 1 saturated carbocycles. The van der Waals surface area contributed by atoms with Gasteiger partial charge >= 0.3 is 5.97 Å². The average molecular weight is 552 g/mol. The molecule has 0 radical (unpaired) electrons. The highest BCUT2D eigenvalue weighted by molar-refractivity contribution is 7.90. The number of hydrogen-bond acceptors (Lipinski definition) is 8. The van der Waals surface area contributed by atoms with Gasteiger partial charge in [0, 0.05) is 17.7 Å². The average Bonchev–Trinajstić information content (AvgIpc) is 3.61. The Morgan fingerprint density at radius 3 is 2.69 bits per heavy atom. The van der Waals surface area contributed by atoms with Gasteiger partial charge in [-0.25, -0.2) is 9.18 Å². The Morgan fingerprint density at radius 2 is 1.95 bits per heavy atom. The SMILES string of the molecule is COC(=O)c1cc(-c2ccc3c(c2)S(=O)(=O)N=C(C2C(=O)c4cc(F)ccc4N(CCC4CC4)C2=O)N3)n[nH]1. The summed E-state index contributed by atoms with van der Waals surface area (Å²) < 4.78 is 49.1. The van der Waals surface area contributed by atoms with Gasteiger partial charge in [0.15, 0.2) is 11.7 Å². The zero-order valence-electron chi connectivity index (χ0n) is 20.6. The minimum atomic E-state index is -4.35. The summed E-state index contributed by atoms with van der Waals surface area (Å²) in [6.45, 7) is 0.323. The molecule has 2 aromatic carbocycles. The summed E-state index contributed by atoms with van der Waals surface area (Å²) in [5.41, 5.74) is 1.18. The lowest BCUT2D eigenvalue weighted by Crippen LogP contribution is -2.50. The molecule has 0 spiro atoms. The van der Waals surface area contributed by atoms with Crippen LogP contribution >= 0.6 is 0 Å². The number of nitrogens with one attached hydrogen (secondary N) is 2. The van der Waals surface area contributed by atoms with E-state index in [0.29, 0.717) is 29.4 Å². The number of benzene rings is 2. The first kappa shape index (κ1) is 24.9. The molecule has 1 unspecified atom stereocenters. The number of esters is 1. The molecular formula is C26H22FN5O6S. The van der Waals surface area contributed by atoms with E-state index in [4.69, 9.17) is 0 Å². The third-order valence-electron chi connectivity index (χ3n) is 7.04. The van der Waals surface area contributed by atoms with Crippen LogP contribution in [0.5, 0.6) is 0 Å². The lowest BCUT2D eigenvalue weighted by atomic mass is 9.88. The van der Waals surface area contributed by atoms with Gasteiger partial charge in [-0.2, -0.15) is 13.5 Å². The number of ketones is 1. The van der Waals surface area contributed by atoms with Crippen LogP contribution in [0.25, 0.3) is 11.3 Å². The summed E-state index contributed by atoms with van der Waals surface area (Å²) in [7, 11) is -3.13. The summed E-state index contributed by atoms with van der Waals surface area (Å²) in [6.07, 6.45) is 2.85. The van der Waals surface area contributed by atoms with E-state index < -0.39 is 39.4 Å². The number of anilines is 2. The van der Waals surface area contributed by atoms with Gasteiger partial charge < -0.3 is 15.0 Å². The number of aromatic amines is 1. The first-order chi connectivity index (χ1) is 18.7. The van der Waals surface area contributed by atoms with Crippen molar-refractivity contribution in [3.05, 3.63) is 59.5 Å². The molecule has 11 nitrogen and oxygen atoms in total. The molecule has 2 aliphatic heterocycles. The van der Waals surface area contributed by atoms with E-state index in [9.17, 15) is 27.2 Å². The van der Waals surface area contributed by atoms with Gasteiger partial charge in [0.05, 0.1) is 24.2 Å². The predicted molar refractivity (Wildman–Crippen MR) is 138 cm³/mol. The first-order valence-electron chi connectivity index (χ1n) is 12.2. The molecule has 1 fully saturated rings. The lowest BCUT2D eigenvalue weighted by molar-refractivity contribution is -0.119. The fraction of sp³-hybridized carbons (Fsp3) is 0.269. The summed E-state index contributed by atoms with van der Waals surface area (Å²) in [5, 5.41) is 9.40. The highest BCUT2D eigenvalue weighted by atomic mass is 32.2. The third kappa shape index (κ3) is 4.38. The second kappa shape index (κ2) is 9.12. The quantitative estimate of drug-likeness (QED) is 0.350. The zero-order valence-corrected chi connectivity index (χ0v) is 21.4. The van der Waals surface area contributed by atoms with Crippen LogP contribution < -0.4 is 10.2 Å². The molecule has 1 aliphatic carbocycles. The topological polar surface area (TPSA) is 151 Å². The van der Waals surface area contributed by atoms with E-state index in [1.54, 1.807) is 6.07 Å². The Kier molecular flexibility index (Phi) is 5.83. The van der Waals surface area contributed by atoms with Crippen LogP contribution in [0.3, 0.4) is 0 Å². The number of H-pyrrole nitrogens is 1. The van der Waals surface area contributed by atoms with Crippen molar-refractivity contribution in [3.63, 3.8) is 0 Å². The number of halogens is 1. The van der Waals surface area contributed by atoms with Crippen LogP contribution in [0.2, 0.25) is 0 Å². The molecule has 13 heteroatoms. The van der Waals surface area contributed by atoms with Gasteiger partial charge in [0.25, 0.3) is 10.0 Å². The molecule has 3 aliphatic rings. The van der Waals surface area contributed by atoms with Gasteiger partial charge in [-0.1, -0.05) is 18.9 Å². The van der Waals surface area contributed by atoms with Gasteiger partial charge in [-0.05, 0) is 48.7 Å². The Balaban J connectivity index is 1.36. The van der Waals surface area contributed by atoms with Crippen LogP contribution in [0, 0.1) is 17.7 Å². The van der Waals surface area contributed by atoms with Crippen LogP contribution in [-0.4, -0.2) is 55.8 Å². The summed E-state index contributed by atoms with van der Waals surface area (Å²) >= 11 is 0. The number of nitrogens with zero attached hydrogens (tertiary/aromatic N) is 3. The molecule has 1 amide bonds. The maximum Gasteiger partial charge on any atom is 0.356 e. The molecule has 1 aromatic heterocycles. The number of hydrogen-bond donors (Lipinski definition) is 2. The number of sulfonamides is 1. The summed E-state index contributed by atoms with van der Waals surface area (Å²) in [4.78, 5) is 40.0. The maximum atomic E-state index is 14.1. The van der Waals surface area contributed by atoms with E-state index in [0.717, 1.165) is 25.3 Å². The molecule has 39 heavy (non-hydrogen) atoms. The molecule has 2 N–H and O–H groups in total. The van der Waals surface area contributed by atoms with Gasteiger partial charge in [0.2, 0.25) is 5.91 Å². The second-order valence-corrected chi connectivity index (χ2v) is 11.2. The highest BCUT2D eigenvalue weighted by Gasteiger charge is 2.45. The number of amides is 1. The number of fused-ring (bicyclic) bond motifs is 2. The molecule has 6 rings (SSSR count). The Bertz CT molecular complexity index is 1690. The highest BCUT2D eigenvalue weighted by Crippen LogP contribution is 2.38. The van der Waals surface area contributed by atoms with Crippen molar-refractivity contribution in [1.82, 2.24) is 10.2 Å². The summed E-state index contributed by atoms with van der Waals surface area (Å²) in [6, 6.07) is 9.41. The largest absolute Gasteiger partial charge is 0.464 e. The molecule has 3 aromatic rings. The first-order valence-corrected chi connectivity index (χ1v) is 13.7. The van der Waals surface area contributed by atoms with Crippen LogP contribution in [-0.2, 0) is 19.6 Å². The zero-order chi connectivity index (χ0) is 27.5. The fourth-order valence-corrected chi connectivity index (χ4v) is 6.00. The van der Waals surface area contributed by atoms with E-state index in [2.05, 4.69) is 24.6 Å². The molecule has 3 heterocycles. The normalized spacial score (nSPS) is 19.6. The van der Waals surface area contributed by atoms with E-state index in [1.165, 1.54) is 42.3 Å². The smallest absolute Gasteiger partial charge is 0.356 e. The van der Waals surface area contributed by atoms with E-state index in [-0.39, 0.29) is 27.7 Å². The predicted octanol–water partition coefficient (Wildman–Crippen LogP) is 3.16. The summed E-state index contributed by atoms with van der Waals surface area (Å²) in [5.74, 6) is -4.06. The molecule has 1 atom stereocenters. The van der Waals surface area contributed by atoms with E-state index in [1.807, 2.05) is 0 Å². The molecule has 200 valence electrons. The monoisotopic (exact) mass is 551 g/mol. The third-order valence-corrected chi connectivity index (χ3v) is 8.37. The number of aromatic nitrogens is 2. The van der Waals surface area contributed by atoms with Crippen molar-refractivity contribution in [1.29, 1.82) is 0 Å². The van der Waals surface area contributed by atoms with Crippen molar-refractivity contribution >= 4 is 44.9 Å². The van der Waals surface area contributed by atoms with Crippen molar-refractivity contribution in [2.75, 3.05) is 23.9 Å². The van der Waals surface area contributed by atoms with Crippen LogP contribution in [0.15, 0.2) is 51.8 Å². The van der Waals surface area contributed by atoms with Crippen molar-refractivity contribution in [3.8, 4) is 11.3 Å². The maximum absolute atomic E-state index is 14.1. The Hall–Kier alpha value is -4.39. The Labute approximate surface area is 222 Å². The minimum Gasteiger partial charge on any atom is -0.464 e. The van der Waals surface area contributed by atoms with Crippen LogP contribution in [0.4, 0.5) is 15.8 Å². The molecular weight excluding hydrogens is 529 g/mol. The van der Waals surface area contributed by atoms with Gasteiger partial charge in [0.1, 0.15) is 22.2 Å². The van der Waals surface area contributed by atoms with Crippen molar-refractivity contribution < 1.29 is 31.9 Å². The number of carbonyl (C=O) groups excluding carboxylic acids is 3. The molecule has 0 saturated heterocycles. The van der Waals surface area contributed by atoms with Crippen molar-refractivity contribution in [2.24, 2.45) is 16.2 Å². The number of Topliss-reactive ketones (excluding diaryl/α,β-unsaturated/α-hetero) is 1. The Morgan fingerprint density at radius 1 is 1.15 bits per heavy atom. The number of methoxy groups -OCH3 is 1. The van der Waals surface area contributed by atoms with E-state index >= 15 is 0 Å². The minimum absolute atomic E-state index is 0.00150. The number of amidine groups is 1. The van der Waals surface area contributed by atoms with Crippen molar-refractivity contribution in [2.45, 2.75) is 24.2 Å². The van der Waals surface area contributed by atoms with Gasteiger partial charge in [-0.15, -0.1) is 4.40 Å². The second-order valence-electron chi connectivity index (χ2n) is 9.63. The number of rotatable bonds is 6. The number of carbonyl (C=O) groups is 3. The lowest BCUT2D eigenvalue weighted by Gasteiger charge is -2.34. The standard InChI is InChI=1S/C26H22FN5O6S/c1-38-26(35)19-12-18(29-30-19)14-4-6-17-21(10-14)39(36,37)31-24(28-17)22-23(33)16-11-15(27)5-7-20(16)32(25(22)34)9-8-13-2-3-13/h4-7,10-13,22H,2-3,8-9H2,1H3,(H,28,31)(H,29,30). The van der Waals surface area contributed by atoms with Crippen LogP contribution in [0.1, 0.15) is 40.1 Å².